The van der Waals surface area contributed by atoms with Crippen molar-refractivity contribution in [3.8, 4) is 6.07 Å². The van der Waals surface area contributed by atoms with E-state index in [9.17, 15) is 0 Å². The van der Waals surface area contributed by atoms with Gasteiger partial charge in [0.05, 0.1) is 5.56 Å². The minimum Gasteiger partial charge on any atom is -0.260 e. The Labute approximate surface area is 72.9 Å². The average Bonchev–Trinajstić information content (AvgIpc) is 2.06. The van der Waals surface area contributed by atoms with Crippen LogP contribution in [0.3, 0.4) is 0 Å². The van der Waals surface area contributed by atoms with Gasteiger partial charge in [0, 0.05) is 11.9 Å². The Hall–Kier alpha value is -1.36. The second kappa shape index (κ2) is 3.36. The van der Waals surface area contributed by atoms with Gasteiger partial charge in [-0.15, -0.1) is 0 Å². The highest BCUT2D eigenvalue weighted by Crippen LogP contribution is 2.15. The lowest BCUT2D eigenvalue weighted by Crippen LogP contribution is -1.97. The molecule has 62 valence electrons. The van der Waals surface area contributed by atoms with Crippen molar-refractivity contribution in [1.82, 2.24) is 4.98 Å². The van der Waals surface area contributed by atoms with Crippen molar-refractivity contribution in [2.24, 2.45) is 0 Å². The van der Waals surface area contributed by atoms with Gasteiger partial charge in [-0.2, -0.15) is 5.26 Å². The van der Waals surface area contributed by atoms with E-state index in [2.05, 4.69) is 18.0 Å². The molecule has 0 spiro atoms. The summed E-state index contributed by atoms with van der Waals surface area (Å²) in [5.41, 5.74) is 4.01. The molecule has 0 amide bonds. The molecule has 0 aliphatic carbocycles. The van der Waals surface area contributed by atoms with Gasteiger partial charge in [-0.05, 0) is 31.4 Å². The van der Waals surface area contributed by atoms with Crippen LogP contribution < -0.4 is 0 Å². The first-order valence-electron chi connectivity index (χ1n) is 4.05. The predicted octanol–water partition coefficient (Wildman–Crippen LogP) is 2.13. The molecular weight excluding hydrogens is 148 g/mol. The van der Waals surface area contributed by atoms with Gasteiger partial charge in [0.1, 0.15) is 6.07 Å². The van der Waals surface area contributed by atoms with Crippen molar-refractivity contribution in [3.63, 3.8) is 0 Å². The minimum atomic E-state index is 0.692. The number of aryl methyl sites for hydroxylation is 1. The third kappa shape index (κ3) is 1.31. The molecule has 0 aliphatic rings. The van der Waals surface area contributed by atoms with Crippen LogP contribution in [0.4, 0.5) is 0 Å². The third-order valence-corrected chi connectivity index (χ3v) is 2.15. The molecule has 0 bridgehead atoms. The van der Waals surface area contributed by atoms with Crippen LogP contribution in [0.5, 0.6) is 0 Å². The summed E-state index contributed by atoms with van der Waals surface area (Å²) in [6, 6.07) is 2.13. The van der Waals surface area contributed by atoms with E-state index in [4.69, 9.17) is 5.26 Å². The van der Waals surface area contributed by atoms with Crippen molar-refractivity contribution in [3.05, 3.63) is 28.6 Å². The Kier molecular flexibility index (Phi) is 2.44. The quantitative estimate of drug-likeness (QED) is 0.631. The Morgan fingerprint density at radius 1 is 1.50 bits per heavy atom. The zero-order valence-electron chi connectivity index (χ0n) is 7.68. The maximum atomic E-state index is 8.74. The second-order valence-electron chi connectivity index (χ2n) is 2.83. The molecule has 1 heterocycles. The van der Waals surface area contributed by atoms with Crippen molar-refractivity contribution < 1.29 is 0 Å². The summed E-state index contributed by atoms with van der Waals surface area (Å²) >= 11 is 0. The molecule has 12 heavy (non-hydrogen) atoms. The fourth-order valence-electron chi connectivity index (χ4n) is 1.40. The van der Waals surface area contributed by atoms with Crippen LogP contribution >= 0.6 is 0 Å². The standard InChI is InChI=1S/C10H12N2/c1-4-10-7(2)9(5-11)6-12-8(10)3/h6H,4H2,1-3H3. The molecule has 0 saturated carbocycles. The van der Waals surface area contributed by atoms with Gasteiger partial charge in [-0.25, -0.2) is 0 Å². The van der Waals surface area contributed by atoms with Crippen molar-refractivity contribution in [2.75, 3.05) is 0 Å². The molecule has 2 nitrogen and oxygen atoms in total. The molecule has 0 N–H and O–H groups in total. The fraction of sp³-hybridized carbons (Fsp3) is 0.400. The van der Waals surface area contributed by atoms with E-state index in [1.54, 1.807) is 6.20 Å². The van der Waals surface area contributed by atoms with Crippen LogP contribution in [-0.4, -0.2) is 4.98 Å². The van der Waals surface area contributed by atoms with E-state index in [1.165, 1.54) is 5.56 Å². The first kappa shape index (κ1) is 8.73. The molecule has 1 aromatic heterocycles. The topological polar surface area (TPSA) is 36.7 Å². The van der Waals surface area contributed by atoms with Crippen LogP contribution in [0, 0.1) is 25.2 Å². The van der Waals surface area contributed by atoms with E-state index in [-0.39, 0.29) is 0 Å². The highest BCUT2D eigenvalue weighted by atomic mass is 14.7. The lowest BCUT2D eigenvalue weighted by atomic mass is 10.0. The van der Waals surface area contributed by atoms with Crippen LogP contribution in [0.15, 0.2) is 6.20 Å². The number of aromatic nitrogens is 1. The van der Waals surface area contributed by atoms with Gasteiger partial charge in [0.2, 0.25) is 0 Å². The summed E-state index contributed by atoms with van der Waals surface area (Å²) in [6.45, 7) is 6.04. The first-order valence-corrected chi connectivity index (χ1v) is 4.05. The summed E-state index contributed by atoms with van der Waals surface area (Å²) in [6.07, 6.45) is 2.59. The lowest BCUT2D eigenvalue weighted by molar-refractivity contribution is 1.02. The highest BCUT2D eigenvalue weighted by Gasteiger charge is 2.05. The molecule has 0 unspecified atom stereocenters. The maximum Gasteiger partial charge on any atom is 0.101 e. The van der Waals surface area contributed by atoms with Crippen LogP contribution in [-0.2, 0) is 6.42 Å². The molecule has 2 heteroatoms. The van der Waals surface area contributed by atoms with Crippen LogP contribution in [0.25, 0.3) is 0 Å². The molecule has 0 fully saturated rings. The molecule has 0 radical (unpaired) electrons. The SMILES string of the molecule is CCc1c(C)ncc(C#N)c1C. The molecule has 0 atom stereocenters. The zero-order valence-corrected chi connectivity index (χ0v) is 7.68. The van der Waals surface area contributed by atoms with E-state index in [1.807, 2.05) is 13.8 Å². The normalized spacial score (nSPS) is 9.50. The molecular formula is C10H12N2. The molecule has 0 saturated heterocycles. The van der Waals surface area contributed by atoms with Gasteiger partial charge < -0.3 is 0 Å². The lowest BCUT2D eigenvalue weighted by Gasteiger charge is -2.06. The number of hydrogen-bond acceptors (Lipinski definition) is 2. The van der Waals surface area contributed by atoms with E-state index in [0.29, 0.717) is 5.56 Å². The predicted molar refractivity (Wildman–Crippen MR) is 47.8 cm³/mol. The Morgan fingerprint density at radius 3 is 2.67 bits per heavy atom. The Balaban J connectivity index is 3.36. The summed E-state index contributed by atoms with van der Waals surface area (Å²) in [7, 11) is 0. The Morgan fingerprint density at radius 2 is 2.17 bits per heavy atom. The van der Waals surface area contributed by atoms with Gasteiger partial charge in [-0.3, -0.25) is 4.98 Å². The van der Waals surface area contributed by atoms with E-state index < -0.39 is 0 Å². The van der Waals surface area contributed by atoms with E-state index >= 15 is 0 Å². The molecule has 1 rings (SSSR count). The summed E-state index contributed by atoms with van der Waals surface area (Å²) in [5, 5.41) is 8.74. The molecule has 0 aliphatic heterocycles. The second-order valence-corrected chi connectivity index (χ2v) is 2.83. The number of rotatable bonds is 1. The van der Waals surface area contributed by atoms with Crippen molar-refractivity contribution in [2.45, 2.75) is 27.2 Å². The van der Waals surface area contributed by atoms with Gasteiger partial charge in [0.25, 0.3) is 0 Å². The summed E-state index contributed by atoms with van der Waals surface area (Å²) in [4.78, 5) is 4.16. The monoisotopic (exact) mass is 160 g/mol. The first-order chi connectivity index (χ1) is 5.70. The summed E-state index contributed by atoms with van der Waals surface area (Å²) in [5.74, 6) is 0. The number of nitrogens with zero attached hydrogens (tertiary/aromatic N) is 2. The summed E-state index contributed by atoms with van der Waals surface area (Å²) < 4.78 is 0. The van der Waals surface area contributed by atoms with Gasteiger partial charge in [0.15, 0.2) is 0 Å². The Bertz CT molecular complexity index is 334. The molecule has 0 aromatic carbocycles. The average molecular weight is 160 g/mol. The minimum absolute atomic E-state index is 0.692. The number of nitriles is 1. The van der Waals surface area contributed by atoms with Crippen LogP contribution in [0.1, 0.15) is 29.3 Å². The number of pyridine rings is 1. The largest absolute Gasteiger partial charge is 0.260 e. The van der Waals surface area contributed by atoms with Crippen molar-refractivity contribution >= 4 is 0 Å². The zero-order chi connectivity index (χ0) is 9.14. The smallest absolute Gasteiger partial charge is 0.101 e. The van der Waals surface area contributed by atoms with Gasteiger partial charge >= 0.3 is 0 Å². The maximum absolute atomic E-state index is 8.74. The van der Waals surface area contributed by atoms with E-state index in [0.717, 1.165) is 17.7 Å². The van der Waals surface area contributed by atoms with Crippen molar-refractivity contribution in [1.29, 1.82) is 5.26 Å². The van der Waals surface area contributed by atoms with Crippen LogP contribution in [0.2, 0.25) is 0 Å². The fourth-order valence-corrected chi connectivity index (χ4v) is 1.40. The molecule has 1 aromatic rings. The van der Waals surface area contributed by atoms with Gasteiger partial charge in [-0.1, -0.05) is 6.92 Å². The third-order valence-electron chi connectivity index (χ3n) is 2.15. The number of hydrogen-bond donors (Lipinski definition) is 0. The highest BCUT2D eigenvalue weighted by molar-refractivity contribution is 5.41.